The molecule has 124 valence electrons. The second kappa shape index (κ2) is 6.24. The van der Waals surface area contributed by atoms with Gasteiger partial charge in [0.15, 0.2) is 0 Å². The standard InChI is InChI=1S/C17H23N3O2S/c21-16(20-12-5-6-13(20)11-18-8-7-12)14-3-1-9-19(14)17(22)15-4-2-10-23-15/h2,4,10,12-14,18H,1,3,5-9,11H2. The van der Waals surface area contributed by atoms with Gasteiger partial charge in [-0.05, 0) is 50.1 Å². The Morgan fingerprint density at radius 3 is 2.87 bits per heavy atom. The number of likely N-dealkylation sites (tertiary alicyclic amines) is 1. The smallest absolute Gasteiger partial charge is 0.264 e. The largest absolute Gasteiger partial charge is 0.334 e. The third-order valence-electron chi connectivity index (χ3n) is 5.44. The number of carbonyl (C=O) groups excluding carboxylic acids is 2. The lowest BCUT2D eigenvalue weighted by Crippen LogP contribution is -2.52. The van der Waals surface area contributed by atoms with E-state index in [1.54, 1.807) is 0 Å². The highest BCUT2D eigenvalue weighted by molar-refractivity contribution is 7.12. The van der Waals surface area contributed by atoms with E-state index in [0.29, 0.717) is 18.6 Å². The first-order chi connectivity index (χ1) is 11.3. The summed E-state index contributed by atoms with van der Waals surface area (Å²) >= 11 is 1.46. The zero-order valence-corrected chi connectivity index (χ0v) is 14.1. The van der Waals surface area contributed by atoms with Gasteiger partial charge in [-0.3, -0.25) is 9.59 Å². The van der Waals surface area contributed by atoms with Crippen LogP contribution in [0.3, 0.4) is 0 Å². The van der Waals surface area contributed by atoms with Crippen LogP contribution in [-0.2, 0) is 4.79 Å². The number of amides is 2. The normalized spacial score (nSPS) is 30.5. The Morgan fingerprint density at radius 1 is 1.17 bits per heavy atom. The predicted octanol–water partition coefficient (Wildman–Crippen LogP) is 1.71. The molecular weight excluding hydrogens is 310 g/mol. The van der Waals surface area contributed by atoms with Gasteiger partial charge in [0.1, 0.15) is 6.04 Å². The first kappa shape index (κ1) is 15.1. The number of hydrogen-bond donors (Lipinski definition) is 1. The minimum absolute atomic E-state index is 0.0242. The van der Waals surface area contributed by atoms with E-state index >= 15 is 0 Å². The highest BCUT2D eigenvalue weighted by Gasteiger charge is 2.44. The van der Waals surface area contributed by atoms with Gasteiger partial charge in [-0.25, -0.2) is 0 Å². The van der Waals surface area contributed by atoms with Crippen LogP contribution < -0.4 is 5.32 Å². The molecule has 3 aliphatic rings. The molecule has 0 saturated carbocycles. The van der Waals surface area contributed by atoms with Gasteiger partial charge >= 0.3 is 0 Å². The van der Waals surface area contributed by atoms with Crippen molar-refractivity contribution in [3.63, 3.8) is 0 Å². The van der Waals surface area contributed by atoms with E-state index in [9.17, 15) is 9.59 Å². The maximum Gasteiger partial charge on any atom is 0.264 e. The SMILES string of the molecule is O=C(c1cccs1)N1CCCC1C(=O)N1C2CCNCC1CC2. The molecule has 2 bridgehead atoms. The van der Waals surface area contributed by atoms with E-state index < -0.39 is 0 Å². The number of nitrogens with one attached hydrogen (secondary N) is 1. The Hall–Kier alpha value is -1.40. The number of thiophene rings is 1. The maximum absolute atomic E-state index is 13.2. The fraction of sp³-hybridized carbons (Fsp3) is 0.647. The summed E-state index contributed by atoms with van der Waals surface area (Å²) in [6, 6.07) is 4.17. The van der Waals surface area contributed by atoms with Crippen LogP contribution >= 0.6 is 11.3 Å². The summed E-state index contributed by atoms with van der Waals surface area (Å²) in [4.78, 5) is 30.6. The lowest BCUT2D eigenvalue weighted by atomic mass is 10.1. The summed E-state index contributed by atoms with van der Waals surface area (Å²) in [5.41, 5.74) is 0. The molecule has 5 nitrogen and oxygen atoms in total. The van der Waals surface area contributed by atoms with Crippen molar-refractivity contribution in [2.24, 2.45) is 0 Å². The van der Waals surface area contributed by atoms with Gasteiger partial charge in [0.05, 0.1) is 4.88 Å². The molecule has 3 aliphatic heterocycles. The first-order valence-corrected chi connectivity index (χ1v) is 9.51. The lowest BCUT2D eigenvalue weighted by molar-refractivity contribution is -0.137. The van der Waals surface area contributed by atoms with Crippen LogP contribution in [0.4, 0.5) is 0 Å². The van der Waals surface area contributed by atoms with Crippen molar-refractivity contribution in [2.45, 2.75) is 50.2 Å². The molecule has 23 heavy (non-hydrogen) atoms. The quantitative estimate of drug-likeness (QED) is 0.896. The molecule has 0 aromatic carbocycles. The zero-order chi connectivity index (χ0) is 15.8. The van der Waals surface area contributed by atoms with Gasteiger partial charge in [-0.15, -0.1) is 11.3 Å². The fourth-order valence-corrected chi connectivity index (χ4v) is 5.00. The molecule has 3 saturated heterocycles. The van der Waals surface area contributed by atoms with Crippen molar-refractivity contribution >= 4 is 23.2 Å². The average molecular weight is 333 g/mol. The minimum Gasteiger partial charge on any atom is -0.334 e. The van der Waals surface area contributed by atoms with Crippen molar-refractivity contribution in [1.82, 2.24) is 15.1 Å². The minimum atomic E-state index is -0.259. The summed E-state index contributed by atoms with van der Waals surface area (Å²) in [6.45, 7) is 2.59. The van der Waals surface area contributed by atoms with E-state index in [1.807, 2.05) is 22.4 Å². The first-order valence-electron chi connectivity index (χ1n) is 8.63. The molecule has 0 aliphatic carbocycles. The van der Waals surface area contributed by atoms with E-state index in [0.717, 1.165) is 50.1 Å². The molecule has 4 rings (SSSR count). The second-order valence-electron chi connectivity index (χ2n) is 6.76. The van der Waals surface area contributed by atoms with Gasteiger partial charge in [0, 0.05) is 25.2 Å². The van der Waals surface area contributed by atoms with Crippen molar-refractivity contribution in [3.8, 4) is 0 Å². The number of fused-ring (bicyclic) bond motifs is 2. The summed E-state index contributed by atoms with van der Waals surface area (Å²) in [5, 5.41) is 5.36. The molecule has 3 fully saturated rings. The van der Waals surface area contributed by atoms with Crippen molar-refractivity contribution < 1.29 is 9.59 Å². The molecule has 1 aromatic rings. The molecule has 1 N–H and O–H groups in total. The molecule has 3 unspecified atom stereocenters. The summed E-state index contributed by atoms with van der Waals surface area (Å²) in [5.74, 6) is 0.208. The predicted molar refractivity (Wildman–Crippen MR) is 89.5 cm³/mol. The summed E-state index contributed by atoms with van der Waals surface area (Å²) < 4.78 is 0. The molecule has 2 amide bonds. The Balaban J connectivity index is 1.54. The van der Waals surface area contributed by atoms with E-state index in [1.165, 1.54) is 11.3 Å². The van der Waals surface area contributed by atoms with Crippen molar-refractivity contribution in [1.29, 1.82) is 0 Å². The lowest BCUT2D eigenvalue weighted by Gasteiger charge is -2.33. The average Bonchev–Trinajstić information content (AvgIpc) is 3.25. The number of nitrogens with zero attached hydrogens (tertiary/aromatic N) is 2. The molecule has 0 spiro atoms. The second-order valence-corrected chi connectivity index (χ2v) is 7.70. The van der Waals surface area contributed by atoms with Gasteiger partial charge in [0.25, 0.3) is 5.91 Å². The summed E-state index contributed by atoms with van der Waals surface area (Å²) in [6.07, 6.45) is 4.97. The molecule has 1 aromatic heterocycles. The Labute approximate surface area is 140 Å². The van der Waals surface area contributed by atoms with Gasteiger partial charge in [-0.2, -0.15) is 0 Å². The van der Waals surface area contributed by atoms with E-state index in [4.69, 9.17) is 0 Å². The van der Waals surface area contributed by atoms with Gasteiger partial charge in [0.2, 0.25) is 5.91 Å². The number of rotatable bonds is 2. The van der Waals surface area contributed by atoms with Gasteiger partial charge < -0.3 is 15.1 Å². The van der Waals surface area contributed by atoms with Crippen molar-refractivity contribution in [3.05, 3.63) is 22.4 Å². The van der Waals surface area contributed by atoms with Crippen LogP contribution in [-0.4, -0.2) is 59.4 Å². The Morgan fingerprint density at radius 2 is 2.04 bits per heavy atom. The van der Waals surface area contributed by atoms with Gasteiger partial charge in [-0.1, -0.05) is 6.07 Å². The topological polar surface area (TPSA) is 52.7 Å². The Bertz CT molecular complexity index is 575. The highest BCUT2D eigenvalue weighted by Crippen LogP contribution is 2.32. The van der Waals surface area contributed by atoms with Crippen LogP contribution in [0.15, 0.2) is 17.5 Å². The number of carbonyl (C=O) groups is 2. The summed E-state index contributed by atoms with van der Waals surface area (Å²) in [7, 11) is 0. The molecule has 0 radical (unpaired) electrons. The van der Waals surface area contributed by atoms with Crippen LogP contribution in [0.25, 0.3) is 0 Å². The third kappa shape index (κ3) is 2.68. The third-order valence-corrected chi connectivity index (χ3v) is 6.30. The Kier molecular flexibility index (Phi) is 4.11. The molecule has 4 heterocycles. The van der Waals surface area contributed by atoms with Crippen LogP contribution in [0.2, 0.25) is 0 Å². The number of hydrogen-bond acceptors (Lipinski definition) is 4. The zero-order valence-electron chi connectivity index (χ0n) is 13.2. The van der Waals surface area contributed by atoms with E-state index in [2.05, 4.69) is 10.2 Å². The fourth-order valence-electron chi connectivity index (χ4n) is 4.32. The monoisotopic (exact) mass is 333 g/mol. The van der Waals surface area contributed by atoms with Crippen LogP contribution in [0.5, 0.6) is 0 Å². The highest BCUT2D eigenvalue weighted by atomic mass is 32.1. The van der Waals surface area contributed by atoms with Crippen LogP contribution in [0, 0.1) is 0 Å². The molecule has 6 heteroatoms. The van der Waals surface area contributed by atoms with Crippen molar-refractivity contribution in [2.75, 3.05) is 19.6 Å². The molecule has 3 atom stereocenters. The molecular formula is C17H23N3O2S. The maximum atomic E-state index is 13.2. The van der Waals surface area contributed by atoms with Crippen LogP contribution in [0.1, 0.15) is 41.8 Å². The van der Waals surface area contributed by atoms with E-state index in [-0.39, 0.29) is 17.9 Å².